The summed E-state index contributed by atoms with van der Waals surface area (Å²) in [6.45, 7) is 3.75. The van der Waals surface area contributed by atoms with Crippen LogP contribution in [0.3, 0.4) is 0 Å². The third kappa shape index (κ3) is 4.90. The highest BCUT2D eigenvalue weighted by Gasteiger charge is 2.03. The van der Waals surface area contributed by atoms with Gasteiger partial charge >= 0.3 is 0 Å². The quantitative estimate of drug-likeness (QED) is 0.677. The molecule has 0 aliphatic heterocycles. The van der Waals surface area contributed by atoms with E-state index in [-0.39, 0.29) is 12.5 Å². The van der Waals surface area contributed by atoms with Gasteiger partial charge in [0.05, 0.1) is 5.71 Å². The Morgan fingerprint density at radius 1 is 1.14 bits per heavy atom. The van der Waals surface area contributed by atoms with Gasteiger partial charge in [0, 0.05) is 5.02 Å². The summed E-state index contributed by atoms with van der Waals surface area (Å²) < 4.78 is 5.34. The first kappa shape index (κ1) is 16.0. The van der Waals surface area contributed by atoms with E-state index < -0.39 is 0 Å². The summed E-state index contributed by atoms with van der Waals surface area (Å²) in [5, 5.41) is 4.69. The Labute approximate surface area is 134 Å². The van der Waals surface area contributed by atoms with Gasteiger partial charge in [-0.25, -0.2) is 5.43 Å². The number of hydrogen-bond acceptors (Lipinski definition) is 3. The molecule has 4 nitrogen and oxygen atoms in total. The van der Waals surface area contributed by atoms with Crippen LogP contribution in [0.15, 0.2) is 53.6 Å². The number of aryl methyl sites for hydroxylation is 1. The number of nitrogens with one attached hydrogen (secondary N) is 1. The first-order chi connectivity index (χ1) is 10.5. The molecule has 1 amide bonds. The van der Waals surface area contributed by atoms with Crippen LogP contribution >= 0.6 is 11.6 Å². The van der Waals surface area contributed by atoms with Crippen LogP contribution in [0.25, 0.3) is 0 Å². The summed E-state index contributed by atoms with van der Waals surface area (Å²) in [7, 11) is 0. The number of carbonyl (C=O) groups is 1. The van der Waals surface area contributed by atoms with E-state index >= 15 is 0 Å². The number of halogens is 1. The van der Waals surface area contributed by atoms with Crippen LogP contribution in [0.1, 0.15) is 18.1 Å². The van der Waals surface area contributed by atoms with Crippen molar-refractivity contribution in [2.24, 2.45) is 5.10 Å². The number of amides is 1. The lowest BCUT2D eigenvalue weighted by molar-refractivity contribution is -0.123. The largest absolute Gasteiger partial charge is 0.484 e. The van der Waals surface area contributed by atoms with Crippen LogP contribution in [-0.4, -0.2) is 18.2 Å². The van der Waals surface area contributed by atoms with Crippen LogP contribution in [-0.2, 0) is 4.79 Å². The fraction of sp³-hybridized carbons (Fsp3) is 0.176. The Bertz CT molecular complexity index is 664. The molecule has 0 unspecified atom stereocenters. The van der Waals surface area contributed by atoms with Gasteiger partial charge in [0.1, 0.15) is 5.75 Å². The lowest BCUT2D eigenvalue weighted by Crippen LogP contribution is -2.25. The monoisotopic (exact) mass is 316 g/mol. The van der Waals surface area contributed by atoms with E-state index in [4.69, 9.17) is 16.3 Å². The van der Waals surface area contributed by atoms with Crippen molar-refractivity contribution in [2.45, 2.75) is 13.8 Å². The second kappa shape index (κ2) is 7.61. The molecular weight excluding hydrogens is 300 g/mol. The summed E-state index contributed by atoms with van der Waals surface area (Å²) in [6.07, 6.45) is 0. The van der Waals surface area contributed by atoms with Crippen molar-refractivity contribution in [3.8, 4) is 5.75 Å². The van der Waals surface area contributed by atoms with E-state index in [1.54, 1.807) is 24.3 Å². The number of nitrogens with zero attached hydrogens (tertiary/aromatic N) is 1. The minimum atomic E-state index is -0.318. The Balaban J connectivity index is 1.85. The molecule has 0 heterocycles. The summed E-state index contributed by atoms with van der Waals surface area (Å²) in [4.78, 5) is 11.7. The molecule has 0 aromatic heterocycles. The Kier molecular flexibility index (Phi) is 5.55. The summed E-state index contributed by atoms with van der Waals surface area (Å²) in [5.41, 5.74) is 5.35. The van der Waals surface area contributed by atoms with Gasteiger partial charge in [-0.2, -0.15) is 5.10 Å². The van der Waals surface area contributed by atoms with E-state index in [9.17, 15) is 4.79 Å². The van der Waals surface area contributed by atoms with E-state index in [2.05, 4.69) is 10.5 Å². The lowest BCUT2D eigenvalue weighted by atomic mass is 10.1. The molecule has 0 spiro atoms. The van der Waals surface area contributed by atoms with E-state index in [1.165, 1.54) is 5.56 Å². The van der Waals surface area contributed by atoms with Gasteiger partial charge in [-0.05, 0) is 43.7 Å². The molecule has 2 aromatic rings. The molecule has 0 radical (unpaired) electrons. The zero-order valence-electron chi connectivity index (χ0n) is 12.5. The maximum Gasteiger partial charge on any atom is 0.277 e. The molecule has 22 heavy (non-hydrogen) atoms. The fourth-order valence-corrected chi connectivity index (χ4v) is 1.84. The smallest absolute Gasteiger partial charge is 0.277 e. The number of rotatable bonds is 5. The zero-order valence-corrected chi connectivity index (χ0v) is 13.2. The van der Waals surface area contributed by atoms with Crippen LogP contribution < -0.4 is 10.2 Å². The van der Waals surface area contributed by atoms with Gasteiger partial charge < -0.3 is 4.74 Å². The standard InChI is InChI=1S/C17H17ClN2O2/c1-12-3-5-14(6-4-12)13(2)19-20-17(21)11-22-16-9-7-15(18)8-10-16/h3-10H,11H2,1-2H3,(H,20,21). The van der Waals surface area contributed by atoms with Crippen molar-refractivity contribution in [1.29, 1.82) is 0 Å². The number of hydrazone groups is 1. The minimum absolute atomic E-state index is 0.105. The second-order valence-corrected chi connectivity index (χ2v) is 5.28. The van der Waals surface area contributed by atoms with Crippen LogP contribution in [0, 0.1) is 6.92 Å². The van der Waals surface area contributed by atoms with E-state index in [0.29, 0.717) is 10.8 Å². The molecular formula is C17H17ClN2O2. The third-order valence-corrected chi connectivity index (χ3v) is 3.25. The molecule has 114 valence electrons. The van der Waals surface area contributed by atoms with Crippen LogP contribution in [0.5, 0.6) is 5.75 Å². The Hall–Kier alpha value is -2.33. The predicted octanol–water partition coefficient (Wildman–Crippen LogP) is 3.57. The topological polar surface area (TPSA) is 50.7 Å². The van der Waals surface area contributed by atoms with Crippen molar-refractivity contribution in [3.05, 3.63) is 64.7 Å². The number of ether oxygens (including phenoxy) is 1. The van der Waals surface area contributed by atoms with E-state index in [0.717, 1.165) is 11.3 Å². The van der Waals surface area contributed by atoms with Crippen LogP contribution in [0.2, 0.25) is 5.02 Å². The number of benzene rings is 2. The highest BCUT2D eigenvalue weighted by atomic mass is 35.5. The maximum absolute atomic E-state index is 11.7. The van der Waals surface area contributed by atoms with Crippen molar-refractivity contribution >= 4 is 23.2 Å². The molecule has 0 aliphatic rings. The Morgan fingerprint density at radius 2 is 1.77 bits per heavy atom. The summed E-state index contributed by atoms with van der Waals surface area (Å²) >= 11 is 5.77. The molecule has 2 rings (SSSR count). The summed E-state index contributed by atoms with van der Waals surface area (Å²) in [5.74, 6) is 0.264. The highest BCUT2D eigenvalue weighted by Crippen LogP contribution is 2.15. The van der Waals surface area contributed by atoms with Gasteiger partial charge in [0.15, 0.2) is 6.61 Å². The van der Waals surface area contributed by atoms with E-state index in [1.807, 2.05) is 38.1 Å². The van der Waals surface area contributed by atoms with Gasteiger partial charge in [0.2, 0.25) is 0 Å². The van der Waals surface area contributed by atoms with Gasteiger partial charge in [-0.3, -0.25) is 4.79 Å². The fourth-order valence-electron chi connectivity index (χ4n) is 1.72. The van der Waals surface area contributed by atoms with Gasteiger partial charge in [-0.1, -0.05) is 41.4 Å². The average Bonchev–Trinajstić information content (AvgIpc) is 2.52. The molecule has 0 atom stereocenters. The molecule has 0 bridgehead atoms. The second-order valence-electron chi connectivity index (χ2n) is 4.84. The molecule has 1 N–H and O–H groups in total. The van der Waals surface area contributed by atoms with Crippen molar-refractivity contribution in [1.82, 2.24) is 5.43 Å². The molecule has 0 saturated carbocycles. The van der Waals surface area contributed by atoms with Gasteiger partial charge in [0.25, 0.3) is 5.91 Å². The highest BCUT2D eigenvalue weighted by molar-refractivity contribution is 6.30. The summed E-state index contributed by atoms with van der Waals surface area (Å²) in [6, 6.07) is 14.7. The molecule has 0 saturated heterocycles. The first-order valence-corrected chi connectivity index (χ1v) is 7.21. The van der Waals surface area contributed by atoms with Gasteiger partial charge in [-0.15, -0.1) is 0 Å². The molecule has 5 heteroatoms. The van der Waals surface area contributed by atoms with Crippen molar-refractivity contribution in [3.63, 3.8) is 0 Å². The first-order valence-electron chi connectivity index (χ1n) is 6.83. The number of hydrogen-bond donors (Lipinski definition) is 1. The Morgan fingerprint density at radius 3 is 2.41 bits per heavy atom. The third-order valence-electron chi connectivity index (χ3n) is 3.00. The zero-order chi connectivity index (χ0) is 15.9. The molecule has 0 aliphatic carbocycles. The van der Waals surface area contributed by atoms with Crippen molar-refractivity contribution in [2.75, 3.05) is 6.61 Å². The maximum atomic E-state index is 11.7. The average molecular weight is 317 g/mol. The number of carbonyl (C=O) groups excluding carboxylic acids is 1. The van der Waals surface area contributed by atoms with Crippen molar-refractivity contribution < 1.29 is 9.53 Å². The lowest BCUT2D eigenvalue weighted by Gasteiger charge is -2.06. The SMILES string of the molecule is CC(=NNC(=O)COc1ccc(Cl)cc1)c1ccc(C)cc1. The molecule has 0 fully saturated rings. The molecule has 2 aromatic carbocycles. The minimum Gasteiger partial charge on any atom is -0.484 e. The van der Waals surface area contributed by atoms with Crippen LogP contribution in [0.4, 0.5) is 0 Å². The predicted molar refractivity (Wildman–Crippen MR) is 88.5 cm³/mol. The normalized spacial score (nSPS) is 11.1.